The second-order valence-corrected chi connectivity index (χ2v) is 8.67. The highest BCUT2D eigenvalue weighted by atomic mass is 32.2. The SMILES string of the molecule is CSC(=NC(=O)OC(C)(C)C)N(CCC(C)C)C(=O)OC(C)(C)C. The third-order valence-electron chi connectivity index (χ3n) is 2.54. The number of ether oxygens (including phenoxy) is 2. The van der Waals surface area contributed by atoms with Gasteiger partial charge in [0.1, 0.15) is 11.2 Å². The molecule has 0 bridgehead atoms. The first-order valence-electron chi connectivity index (χ1n) is 8.11. The standard InChI is InChI=1S/C17H32N2O4S/c1-12(2)10-11-19(15(21)23-17(6,7)8)13(24-9)18-14(20)22-16(3,4)5/h12H,10-11H2,1-9H3. The van der Waals surface area contributed by atoms with Gasteiger partial charge >= 0.3 is 12.2 Å². The van der Waals surface area contributed by atoms with Crippen molar-refractivity contribution in [1.82, 2.24) is 4.90 Å². The van der Waals surface area contributed by atoms with E-state index >= 15 is 0 Å². The van der Waals surface area contributed by atoms with Gasteiger partial charge in [0.25, 0.3) is 0 Å². The highest BCUT2D eigenvalue weighted by Crippen LogP contribution is 2.17. The molecule has 2 amide bonds. The molecule has 0 N–H and O–H groups in total. The Morgan fingerprint density at radius 2 is 1.54 bits per heavy atom. The third-order valence-corrected chi connectivity index (χ3v) is 3.21. The maximum Gasteiger partial charge on any atom is 0.436 e. The van der Waals surface area contributed by atoms with Crippen LogP contribution in [0.25, 0.3) is 0 Å². The number of carbonyl (C=O) groups excluding carboxylic acids is 2. The smallest absolute Gasteiger partial charge is 0.436 e. The molecule has 0 unspecified atom stereocenters. The van der Waals surface area contributed by atoms with Crippen molar-refractivity contribution in [3.05, 3.63) is 0 Å². The maximum absolute atomic E-state index is 12.5. The molecule has 0 rings (SSSR count). The monoisotopic (exact) mass is 360 g/mol. The normalized spacial score (nSPS) is 13.0. The highest BCUT2D eigenvalue weighted by molar-refractivity contribution is 8.13. The van der Waals surface area contributed by atoms with Crippen LogP contribution in [0, 0.1) is 5.92 Å². The van der Waals surface area contributed by atoms with Crippen molar-refractivity contribution in [2.75, 3.05) is 12.8 Å². The molecule has 0 aromatic carbocycles. The van der Waals surface area contributed by atoms with E-state index in [-0.39, 0.29) is 5.17 Å². The minimum atomic E-state index is -0.718. The van der Waals surface area contributed by atoms with Crippen LogP contribution in [0.4, 0.5) is 9.59 Å². The Labute approximate surface area is 150 Å². The molecule has 0 atom stereocenters. The Bertz CT molecular complexity index is 462. The number of hydrogen-bond acceptors (Lipinski definition) is 5. The van der Waals surface area contributed by atoms with Crippen LogP contribution in [0.15, 0.2) is 4.99 Å². The predicted octanol–water partition coefficient (Wildman–Crippen LogP) is 4.92. The lowest BCUT2D eigenvalue weighted by molar-refractivity contribution is 0.0368. The molecule has 0 aliphatic carbocycles. The Hall–Kier alpha value is -1.24. The van der Waals surface area contributed by atoms with Crippen LogP contribution >= 0.6 is 11.8 Å². The predicted molar refractivity (Wildman–Crippen MR) is 99.6 cm³/mol. The van der Waals surface area contributed by atoms with Gasteiger partial charge in [-0.05, 0) is 60.1 Å². The summed E-state index contributed by atoms with van der Waals surface area (Å²) in [5.41, 5.74) is -1.26. The van der Waals surface area contributed by atoms with E-state index < -0.39 is 23.4 Å². The van der Waals surface area contributed by atoms with Crippen molar-refractivity contribution in [3.63, 3.8) is 0 Å². The van der Waals surface area contributed by atoms with Gasteiger partial charge in [0, 0.05) is 6.54 Å². The zero-order valence-corrected chi connectivity index (χ0v) is 17.2. The first-order valence-corrected chi connectivity index (χ1v) is 9.34. The highest BCUT2D eigenvalue weighted by Gasteiger charge is 2.27. The molecule has 0 aliphatic rings. The summed E-state index contributed by atoms with van der Waals surface area (Å²) in [5, 5.41) is 0.277. The lowest BCUT2D eigenvalue weighted by atomic mass is 10.1. The van der Waals surface area contributed by atoms with Crippen molar-refractivity contribution >= 4 is 29.1 Å². The zero-order chi connectivity index (χ0) is 19.1. The van der Waals surface area contributed by atoms with E-state index in [4.69, 9.17) is 9.47 Å². The van der Waals surface area contributed by atoms with Crippen LogP contribution in [-0.4, -0.2) is 46.3 Å². The average molecular weight is 361 g/mol. The zero-order valence-electron chi connectivity index (χ0n) is 16.4. The summed E-state index contributed by atoms with van der Waals surface area (Å²) in [6.45, 7) is 15.3. The molecule has 0 heterocycles. The number of amides is 2. The summed E-state index contributed by atoms with van der Waals surface area (Å²) in [7, 11) is 0. The van der Waals surface area contributed by atoms with Gasteiger partial charge in [-0.15, -0.1) is 0 Å². The van der Waals surface area contributed by atoms with Crippen molar-refractivity contribution in [2.24, 2.45) is 10.9 Å². The van der Waals surface area contributed by atoms with Gasteiger partial charge in [-0.25, -0.2) is 9.59 Å². The molecule has 7 heteroatoms. The fraction of sp³-hybridized carbons (Fsp3) is 0.824. The van der Waals surface area contributed by atoms with Gasteiger partial charge in [0.15, 0.2) is 5.17 Å². The minimum absolute atomic E-state index is 0.277. The molecule has 140 valence electrons. The number of amidine groups is 1. The van der Waals surface area contributed by atoms with Gasteiger partial charge in [-0.2, -0.15) is 4.99 Å². The summed E-state index contributed by atoms with van der Waals surface area (Å²) in [6, 6.07) is 0. The van der Waals surface area contributed by atoms with E-state index in [1.54, 1.807) is 47.8 Å². The summed E-state index contributed by atoms with van der Waals surface area (Å²) < 4.78 is 10.6. The Kier molecular flexibility index (Phi) is 8.82. The number of aliphatic imine (C=N–C) groups is 1. The largest absolute Gasteiger partial charge is 0.443 e. The van der Waals surface area contributed by atoms with Gasteiger partial charge in [-0.1, -0.05) is 25.6 Å². The Morgan fingerprint density at radius 1 is 1.04 bits per heavy atom. The molecule has 0 saturated heterocycles. The number of thioether (sulfide) groups is 1. The topological polar surface area (TPSA) is 68.2 Å². The molecular weight excluding hydrogens is 328 g/mol. The summed E-state index contributed by atoms with van der Waals surface area (Å²) >= 11 is 1.21. The van der Waals surface area contributed by atoms with E-state index in [1.165, 1.54) is 16.7 Å². The van der Waals surface area contributed by atoms with Crippen LogP contribution in [0.5, 0.6) is 0 Å². The molecule has 0 saturated carbocycles. The Balaban J connectivity index is 5.39. The first kappa shape index (κ1) is 22.8. The third kappa shape index (κ3) is 10.5. The van der Waals surface area contributed by atoms with E-state index in [0.717, 1.165) is 6.42 Å². The van der Waals surface area contributed by atoms with Gasteiger partial charge in [0.2, 0.25) is 0 Å². The van der Waals surface area contributed by atoms with Crippen LogP contribution in [0.3, 0.4) is 0 Å². The number of rotatable bonds is 3. The van der Waals surface area contributed by atoms with E-state index in [2.05, 4.69) is 18.8 Å². The van der Waals surface area contributed by atoms with Gasteiger partial charge in [0.05, 0.1) is 0 Å². The van der Waals surface area contributed by atoms with Crippen molar-refractivity contribution in [3.8, 4) is 0 Å². The van der Waals surface area contributed by atoms with Crippen LogP contribution in [-0.2, 0) is 9.47 Å². The van der Waals surface area contributed by atoms with Crippen LogP contribution in [0.1, 0.15) is 61.8 Å². The molecule has 0 fully saturated rings. The molecule has 0 spiro atoms. The van der Waals surface area contributed by atoms with Crippen LogP contribution < -0.4 is 0 Å². The quantitative estimate of drug-likeness (QED) is 0.527. The Morgan fingerprint density at radius 3 is 1.92 bits per heavy atom. The molecule has 0 radical (unpaired) electrons. The fourth-order valence-corrected chi connectivity index (χ4v) is 2.10. The fourth-order valence-electron chi connectivity index (χ4n) is 1.55. The number of hydrogen-bond donors (Lipinski definition) is 0. The lowest BCUT2D eigenvalue weighted by Crippen LogP contribution is -2.41. The summed E-state index contributed by atoms with van der Waals surface area (Å²) in [4.78, 5) is 29.8. The molecular formula is C17H32N2O4S. The first-order chi connectivity index (χ1) is 10.7. The van der Waals surface area contributed by atoms with Gasteiger partial charge in [-0.3, -0.25) is 4.90 Å². The van der Waals surface area contributed by atoms with E-state index in [1.807, 2.05) is 0 Å². The van der Waals surface area contributed by atoms with E-state index in [0.29, 0.717) is 12.5 Å². The number of nitrogens with zero attached hydrogens (tertiary/aromatic N) is 2. The average Bonchev–Trinajstić information content (AvgIpc) is 2.32. The van der Waals surface area contributed by atoms with Crippen molar-refractivity contribution < 1.29 is 19.1 Å². The second-order valence-electron chi connectivity index (χ2n) is 7.89. The van der Waals surface area contributed by atoms with E-state index in [9.17, 15) is 9.59 Å². The minimum Gasteiger partial charge on any atom is -0.443 e. The second kappa shape index (κ2) is 9.30. The summed E-state index contributed by atoms with van der Waals surface area (Å²) in [6.07, 6.45) is 1.30. The molecule has 0 aromatic heterocycles. The maximum atomic E-state index is 12.5. The van der Waals surface area contributed by atoms with Crippen molar-refractivity contribution in [1.29, 1.82) is 0 Å². The molecule has 0 aromatic rings. The van der Waals surface area contributed by atoms with Crippen molar-refractivity contribution in [2.45, 2.75) is 73.0 Å². The number of carbonyl (C=O) groups is 2. The summed E-state index contributed by atoms with van der Waals surface area (Å²) in [5.74, 6) is 0.402. The molecule has 24 heavy (non-hydrogen) atoms. The lowest BCUT2D eigenvalue weighted by Gasteiger charge is -2.28. The van der Waals surface area contributed by atoms with Gasteiger partial charge < -0.3 is 9.47 Å². The van der Waals surface area contributed by atoms with Crippen LogP contribution in [0.2, 0.25) is 0 Å². The molecule has 6 nitrogen and oxygen atoms in total. The molecule has 0 aliphatic heterocycles.